The Labute approximate surface area is 217 Å². The van der Waals surface area contributed by atoms with Gasteiger partial charge in [0.25, 0.3) is 0 Å². The molecular weight excluding hydrogens is 470 g/mol. The fraction of sp³-hybridized carbons (Fsp3) is 0.464. The summed E-state index contributed by atoms with van der Waals surface area (Å²) in [5, 5.41) is 27.6. The Kier molecular flexibility index (Phi) is 6.94. The predicted octanol–water partition coefficient (Wildman–Crippen LogP) is 3.46. The number of rotatable bonds is 3. The first-order chi connectivity index (χ1) is 17.6. The summed E-state index contributed by atoms with van der Waals surface area (Å²) in [6, 6.07) is 8.01. The second-order valence-corrected chi connectivity index (χ2v) is 10.3. The van der Waals surface area contributed by atoms with Crippen LogP contribution in [0.15, 0.2) is 29.7 Å². The minimum Gasteiger partial charge on any atom is -0.453 e. The SMILES string of the molecule is COC(=O)N1CCC(C)(C#Cc2cc(CO)cc(C3(C(C)C)C(C#N)=C(N)Oc4n[nH]c(C)c43)c2)CC1. The summed E-state index contributed by atoms with van der Waals surface area (Å²) >= 11 is 0. The van der Waals surface area contributed by atoms with Crippen LogP contribution in [0.25, 0.3) is 0 Å². The molecule has 2 aliphatic heterocycles. The van der Waals surface area contributed by atoms with Gasteiger partial charge >= 0.3 is 6.09 Å². The Balaban J connectivity index is 1.82. The van der Waals surface area contributed by atoms with E-state index in [1.807, 2.05) is 39.0 Å². The van der Waals surface area contributed by atoms with Gasteiger partial charge in [-0.25, -0.2) is 4.79 Å². The molecular formula is C28H33N5O4. The molecule has 1 aromatic carbocycles. The molecule has 9 nitrogen and oxygen atoms in total. The van der Waals surface area contributed by atoms with E-state index in [4.69, 9.17) is 15.2 Å². The number of hydrogen-bond acceptors (Lipinski definition) is 7. The standard InChI is InChI=1S/C28H33N5O4/c1-17(2)28(22(15-29)24(30)37-25-23(28)18(3)31-32-25)21-13-19(12-20(14-21)16-34)6-7-27(4)8-10-33(11-9-27)26(35)36-5/h12-14,17,34H,8-11,16,30H2,1-5H3,(H,31,32). The van der Waals surface area contributed by atoms with E-state index in [9.17, 15) is 15.2 Å². The lowest BCUT2D eigenvalue weighted by Gasteiger charge is -2.41. The van der Waals surface area contributed by atoms with E-state index in [-0.39, 0.29) is 29.9 Å². The summed E-state index contributed by atoms with van der Waals surface area (Å²) in [6.45, 7) is 9.01. The third-order valence-electron chi connectivity index (χ3n) is 7.57. The molecule has 194 valence electrons. The lowest BCUT2D eigenvalue weighted by Crippen LogP contribution is -2.41. The van der Waals surface area contributed by atoms with Crippen molar-refractivity contribution in [3.8, 4) is 23.8 Å². The molecule has 37 heavy (non-hydrogen) atoms. The maximum atomic E-state index is 11.9. The quantitative estimate of drug-likeness (QED) is 0.546. The molecule has 0 spiro atoms. The van der Waals surface area contributed by atoms with Gasteiger partial charge in [-0.1, -0.05) is 31.8 Å². The van der Waals surface area contributed by atoms with E-state index in [1.165, 1.54) is 7.11 Å². The minimum atomic E-state index is -0.944. The highest BCUT2D eigenvalue weighted by atomic mass is 16.5. The molecule has 1 atom stereocenters. The number of likely N-dealkylation sites (tertiary alicyclic amines) is 1. The lowest BCUT2D eigenvalue weighted by molar-refractivity contribution is 0.0986. The number of nitrogens with two attached hydrogens (primary N) is 1. The largest absolute Gasteiger partial charge is 0.453 e. The number of aliphatic hydroxyl groups excluding tert-OH is 1. The first kappa shape index (κ1) is 26.1. The Hall–Kier alpha value is -3.95. The zero-order valence-electron chi connectivity index (χ0n) is 21.9. The van der Waals surface area contributed by atoms with Crippen LogP contribution in [0.1, 0.15) is 61.6 Å². The van der Waals surface area contributed by atoms with Gasteiger partial charge in [0.2, 0.25) is 11.8 Å². The fourth-order valence-electron chi connectivity index (χ4n) is 5.51. The summed E-state index contributed by atoms with van der Waals surface area (Å²) in [7, 11) is 1.39. The molecule has 1 fully saturated rings. The van der Waals surface area contributed by atoms with Gasteiger partial charge in [-0.05, 0) is 55.9 Å². The fourth-order valence-corrected chi connectivity index (χ4v) is 5.51. The van der Waals surface area contributed by atoms with Gasteiger partial charge in [0.05, 0.1) is 24.7 Å². The number of amides is 1. The van der Waals surface area contributed by atoms with Crippen LogP contribution >= 0.6 is 0 Å². The molecule has 1 unspecified atom stereocenters. The number of nitriles is 1. The number of H-pyrrole nitrogens is 1. The van der Waals surface area contributed by atoms with Crippen molar-refractivity contribution >= 4 is 6.09 Å². The van der Waals surface area contributed by atoms with Crippen LogP contribution in [-0.2, 0) is 16.8 Å². The zero-order valence-corrected chi connectivity index (χ0v) is 21.9. The van der Waals surface area contributed by atoms with Crippen LogP contribution in [-0.4, -0.2) is 46.5 Å². The summed E-state index contributed by atoms with van der Waals surface area (Å²) in [4.78, 5) is 13.6. The number of aliphatic hydroxyl groups is 1. The molecule has 0 bridgehead atoms. The molecule has 0 radical (unpaired) electrons. The smallest absolute Gasteiger partial charge is 0.409 e. The van der Waals surface area contributed by atoms with Crippen LogP contribution in [0.3, 0.4) is 0 Å². The molecule has 2 aliphatic rings. The van der Waals surface area contributed by atoms with Crippen molar-refractivity contribution in [1.29, 1.82) is 5.26 Å². The number of nitrogens with zero attached hydrogens (tertiary/aromatic N) is 3. The highest BCUT2D eigenvalue weighted by Gasteiger charge is 2.50. The van der Waals surface area contributed by atoms with E-state index >= 15 is 0 Å². The Bertz CT molecular complexity index is 1350. The second-order valence-electron chi connectivity index (χ2n) is 10.3. The minimum absolute atomic E-state index is 0.0158. The number of ether oxygens (including phenoxy) is 2. The first-order valence-electron chi connectivity index (χ1n) is 12.3. The number of methoxy groups -OCH3 is 1. The van der Waals surface area contributed by atoms with Crippen LogP contribution in [0.2, 0.25) is 0 Å². The average Bonchev–Trinajstić information content (AvgIpc) is 3.26. The van der Waals surface area contributed by atoms with Crippen LogP contribution in [0.5, 0.6) is 5.88 Å². The molecule has 0 saturated carbocycles. The number of aromatic amines is 1. The average molecular weight is 504 g/mol. The van der Waals surface area contributed by atoms with E-state index in [0.29, 0.717) is 30.1 Å². The molecule has 4 N–H and O–H groups in total. The number of carbonyl (C=O) groups is 1. The number of allylic oxidation sites excluding steroid dienone is 1. The Morgan fingerprint density at radius 2 is 2.05 bits per heavy atom. The van der Waals surface area contributed by atoms with Crippen molar-refractivity contribution in [2.24, 2.45) is 17.1 Å². The third-order valence-corrected chi connectivity index (χ3v) is 7.57. The molecule has 1 saturated heterocycles. The second kappa shape index (κ2) is 9.84. The molecule has 9 heteroatoms. The van der Waals surface area contributed by atoms with Crippen LogP contribution < -0.4 is 10.5 Å². The van der Waals surface area contributed by atoms with Gasteiger partial charge < -0.3 is 25.2 Å². The van der Waals surface area contributed by atoms with Gasteiger partial charge in [-0.15, -0.1) is 5.10 Å². The number of carbonyl (C=O) groups excluding carboxylic acids is 1. The summed E-state index contributed by atoms with van der Waals surface area (Å²) in [5.74, 6) is 6.99. The number of benzene rings is 1. The van der Waals surface area contributed by atoms with E-state index in [0.717, 1.165) is 35.2 Å². The maximum absolute atomic E-state index is 11.9. The topological polar surface area (TPSA) is 137 Å². The van der Waals surface area contributed by atoms with Gasteiger partial charge in [0, 0.05) is 29.8 Å². The predicted molar refractivity (Wildman–Crippen MR) is 137 cm³/mol. The van der Waals surface area contributed by atoms with Gasteiger partial charge in [0.15, 0.2) is 0 Å². The summed E-state index contributed by atoms with van der Waals surface area (Å²) in [5.41, 5.74) is 9.06. The molecule has 1 amide bonds. The summed E-state index contributed by atoms with van der Waals surface area (Å²) in [6.07, 6.45) is 1.13. The molecule has 2 aromatic rings. The van der Waals surface area contributed by atoms with E-state index in [2.05, 4.69) is 35.0 Å². The van der Waals surface area contributed by atoms with Crippen molar-refractivity contribution in [2.45, 2.75) is 52.6 Å². The highest BCUT2D eigenvalue weighted by molar-refractivity contribution is 5.67. The third kappa shape index (κ3) is 4.41. The van der Waals surface area contributed by atoms with Crippen molar-refractivity contribution in [1.82, 2.24) is 15.1 Å². The van der Waals surface area contributed by atoms with Crippen LogP contribution in [0.4, 0.5) is 4.79 Å². The first-order valence-corrected chi connectivity index (χ1v) is 12.3. The normalized spacial score (nSPS) is 20.4. The number of aryl methyl sites for hydroxylation is 1. The van der Waals surface area contributed by atoms with Crippen molar-refractivity contribution in [2.75, 3.05) is 20.2 Å². The Morgan fingerprint density at radius 1 is 1.35 bits per heavy atom. The molecule has 3 heterocycles. The van der Waals surface area contributed by atoms with Gasteiger partial charge in [0.1, 0.15) is 11.6 Å². The monoisotopic (exact) mass is 503 g/mol. The van der Waals surface area contributed by atoms with Gasteiger partial charge in [-0.2, -0.15) is 5.26 Å². The van der Waals surface area contributed by atoms with E-state index in [1.54, 1.807) is 4.90 Å². The molecule has 4 rings (SSSR count). The number of nitrogens with one attached hydrogen (secondary N) is 1. The van der Waals surface area contributed by atoms with Crippen molar-refractivity contribution < 1.29 is 19.4 Å². The van der Waals surface area contributed by atoms with E-state index < -0.39 is 5.41 Å². The Morgan fingerprint density at radius 3 is 2.65 bits per heavy atom. The zero-order chi connectivity index (χ0) is 27.0. The maximum Gasteiger partial charge on any atom is 0.409 e. The number of aromatic nitrogens is 2. The van der Waals surface area contributed by atoms with Gasteiger partial charge in [-0.3, -0.25) is 5.10 Å². The lowest BCUT2D eigenvalue weighted by atomic mass is 9.61. The number of hydrogen-bond donors (Lipinski definition) is 3. The highest BCUT2D eigenvalue weighted by Crippen LogP contribution is 2.52. The summed E-state index contributed by atoms with van der Waals surface area (Å²) < 4.78 is 10.6. The number of piperidine rings is 1. The molecule has 0 aliphatic carbocycles. The molecule has 1 aromatic heterocycles. The number of fused-ring (bicyclic) bond motifs is 1. The van der Waals surface area contributed by atoms with Crippen molar-refractivity contribution in [3.05, 3.63) is 57.6 Å². The van der Waals surface area contributed by atoms with Crippen LogP contribution in [0, 0.1) is 41.4 Å². The van der Waals surface area contributed by atoms with Crippen molar-refractivity contribution in [3.63, 3.8) is 0 Å².